The van der Waals surface area contributed by atoms with Crippen molar-refractivity contribution in [3.63, 3.8) is 0 Å². The third-order valence-corrected chi connectivity index (χ3v) is 2.73. The molecule has 1 atom stereocenters. The zero-order valence-electron chi connectivity index (χ0n) is 9.52. The first kappa shape index (κ1) is 13.9. The minimum Gasteiger partial charge on any atom is -0.360 e. The minimum atomic E-state index is -0.459. The molecule has 94 valence electrons. The van der Waals surface area contributed by atoms with Gasteiger partial charge in [-0.2, -0.15) is 0 Å². The summed E-state index contributed by atoms with van der Waals surface area (Å²) in [6.07, 6.45) is 3.33. The predicted octanol–water partition coefficient (Wildman–Crippen LogP) is 2.29. The molecular formula is C10H15BrN4O2. The van der Waals surface area contributed by atoms with E-state index in [9.17, 15) is 10.1 Å². The lowest BCUT2D eigenvalue weighted by molar-refractivity contribution is -0.384. The van der Waals surface area contributed by atoms with E-state index < -0.39 is 4.92 Å². The smallest absolute Gasteiger partial charge is 0.312 e. The van der Waals surface area contributed by atoms with Crippen molar-refractivity contribution >= 4 is 27.4 Å². The number of nitrogens with two attached hydrogens (primary N) is 1. The highest BCUT2D eigenvalue weighted by Gasteiger charge is 2.18. The first-order valence-electron chi connectivity index (χ1n) is 5.35. The molecule has 0 amide bonds. The van der Waals surface area contributed by atoms with Gasteiger partial charge in [0.2, 0.25) is 5.82 Å². The number of nitrogens with one attached hydrogen (secondary N) is 1. The number of nitro groups is 1. The van der Waals surface area contributed by atoms with Gasteiger partial charge in [-0.15, -0.1) is 0 Å². The summed E-state index contributed by atoms with van der Waals surface area (Å²) >= 11 is 3.16. The molecule has 0 aromatic carbocycles. The van der Waals surface area contributed by atoms with E-state index in [1.54, 1.807) is 0 Å². The topological polar surface area (TPSA) is 94.1 Å². The first-order chi connectivity index (χ1) is 8.08. The molecule has 1 rings (SSSR count). The monoisotopic (exact) mass is 302 g/mol. The molecule has 17 heavy (non-hydrogen) atoms. The van der Waals surface area contributed by atoms with Crippen LogP contribution in [0.3, 0.4) is 0 Å². The first-order valence-corrected chi connectivity index (χ1v) is 6.14. The number of rotatable bonds is 6. The van der Waals surface area contributed by atoms with E-state index in [0.717, 1.165) is 12.8 Å². The standard InChI is InChI=1S/C10H15BrN4O2/c1-2-3-8(5-12)14-10-9(15(16)17)4-7(11)6-13-10/h4,6,8H,2-3,5,12H2,1H3,(H,13,14). The van der Waals surface area contributed by atoms with E-state index in [-0.39, 0.29) is 17.5 Å². The maximum atomic E-state index is 10.9. The Bertz CT molecular complexity index is 400. The molecule has 3 N–H and O–H groups in total. The van der Waals surface area contributed by atoms with Gasteiger partial charge < -0.3 is 11.1 Å². The molecule has 0 aliphatic heterocycles. The largest absolute Gasteiger partial charge is 0.360 e. The van der Waals surface area contributed by atoms with Crippen molar-refractivity contribution < 1.29 is 4.92 Å². The second kappa shape index (κ2) is 6.51. The molecule has 1 aromatic heterocycles. The third kappa shape index (κ3) is 3.94. The number of hydrogen-bond donors (Lipinski definition) is 2. The second-order valence-corrected chi connectivity index (χ2v) is 4.56. The van der Waals surface area contributed by atoms with Crippen molar-refractivity contribution in [2.24, 2.45) is 5.73 Å². The summed E-state index contributed by atoms with van der Waals surface area (Å²) in [5.74, 6) is 0.266. The van der Waals surface area contributed by atoms with Gasteiger partial charge in [0.15, 0.2) is 0 Å². The Kier molecular flexibility index (Phi) is 5.30. The molecule has 0 aliphatic carbocycles. The van der Waals surface area contributed by atoms with Crippen molar-refractivity contribution in [3.8, 4) is 0 Å². The normalized spacial score (nSPS) is 12.2. The van der Waals surface area contributed by atoms with Gasteiger partial charge in [0.1, 0.15) is 0 Å². The average molecular weight is 303 g/mol. The van der Waals surface area contributed by atoms with Crippen LogP contribution < -0.4 is 11.1 Å². The van der Waals surface area contributed by atoms with Crippen molar-refractivity contribution in [1.29, 1.82) is 0 Å². The molecule has 0 bridgehead atoms. The van der Waals surface area contributed by atoms with Gasteiger partial charge in [0, 0.05) is 29.3 Å². The molecule has 1 heterocycles. The summed E-state index contributed by atoms with van der Waals surface area (Å²) < 4.78 is 0.578. The molecule has 6 nitrogen and oxygen atoms in total. The van der Waals surface area contributed by atoms with Crippen LogP contribution in [-0.2, 0) is 0 Å². The number of halogens is 1. The lowest BCUT2D eigenvalue weighted by Gasteiger charge is -2.16. The zero-order valence-corrected chi connectivity index (χ0v) is 11.1. The number of anilines is 1. The average Bonchev–Trinajstić information content (AvgIpc) is 2.30. The third-order valence-electron chi connectivity index (χ3n) is 2.29. The second-order valence-electron chi connectivity index (χ2n) is 3.64. The van der Waals surface area contributed by atoms with Gasteiger partial charge in [-0.05, 0) is 22.4 Å². The van der Waals surface area contributed by atoms with E-state index in [4.69, 9.17) is 5.73 Å². The Morgan fingerprint density at radius 2 is 2.41 bits per heavy atom. The molecule has 0 saturated heterocycles. The van der Waals surface area contributed by atoms with Crippen LogP contribution in [0.4, 0.5) is 11.5 Å². The summed E-state index contributed by atoms with van der Waals surface area (Å²) in [6, 6.07) is 1.43. The Morgan fingerprint density at radius 3 is 2.94 bits per heavy atom. The fourth-order valence-corrected chi connectivity index (χ4v) is 1.79. The zero-order chi connectivity index (χ0) is 12.8. The molecule has 7 heteroatoms. The van der Waals surface area contributed by atoms with Gasteiger partial charge in [0.05, 0.1) is 4.92 Å². The van der Waals surface area contributed by atoms with E-state index in [0.29, 0.717) is 11.0 Å². The lowest BCUT2D eigenvalue weighted by Crippen LogP contribution is -2.29. The Morgan fingerprint density at radius 1 is 1.71 bits per heavy atom. The van der Waals surface area contributed by atoms with Gasteiger partial charge in [-0.3, -0.25) is 10.1 Å². The van der Waals surface area contributed by atoms with Gasteiger partial charge >= 0.3 is 5.69 Å². The van der Waals surface area contributed by atoms with Crippen LogP contribution in [0, 0.1) is 10.1 Å². The maximum absolute atomic E-state index is 10.9. The van der Waals surface area contributed by atoms with Gasteiger partial charge in [0.25, 0.3) is 0 Å². The number of hydrogen-bond acceptors (Lipinski definition) is 5. The Hall–Kier alpha value is -1.21. The molecule has 0 radical (unpaired) electrons. The van der Waals surface area contributed by atoms with Crippen LogP contribution in [0.25, 0.3) is 0 Å². The highest BCUT2D eigenvalue weighted by atomic mass is 79.9. The summed E-state index contributed by atoms with van der Waals surface area (Å²) in [5, 5.41) is 13.9. The maximum Gasteiger partial charge on any atom is 0.312 e. The van der Waals surface area contributed by atoms with Crippen LogP contribution in [0.5, 0.6) is 0 Å². The Labute approximate surface area is 108 Å². The van der Waals surface area contributed by atoms with Crippen LogP contribution >= 0.6 is 15.9 Å². The molecule has 0 fully saturated rings. The van der Waals surface area contributed by atoms with Crippen LogP contribution in [0.15, 0.2) is 16.7 Å². The molecule has 0 spiro atoms. The fraction of sp³-hybridized carbons (Fsp3) is 0.500. The number of pyridine rings is 1. The van der Waals surface area contributed by atoms with Crippen molar-refractivity contribution in [1.82, 2.24) is 4.98 Å². The van der Waals surface area contributed by atoms with E-state index in [2.05, 4.69) is 26.2 Å². The summed E-state index contributed by atoms with van der Waals surface area (Å²) in [6.45, 7) is 2.45. The molecule has 0 aliphatic rings. The fourth-order valence-electron chi connectivity index (χ4n) is 1.47. The van der Waals surface area contributed by atoms with Crippen LogP contribution in [-0.4, -0.2) is 22.5 Å². The number of aromatic nitrogens is 1. The molecule has 0 saturated carbocycles. The lowest BCUT2D eigenvalue weighted by atomic mass is 10.1. The van der Waals surface area contributed by atoms with Gasteiger partial charge in [-0.25, -0.2) is 4.98 Å². The van der Waals surface area contributed by atoms with E-state index in [1.807, 2.05) is 6.92 Å². The quantitative estimate of drug-likeness (QED) is 0.621. The highest BCUT2D eigenvalue weighted by Crippen LogP contribution is 2.26. The van der Waals surface area contributed by atoms with Crippen molar-refractivity contribution in [2.45, 2.75) is 25.8 Å². The molecular weight excluding hydrogens is 288 g/mol. The highest BCUT2D eigenvalue weighted by molar-refractivity contribution is 9.10. The minimum absolute atomic E-state index is 0.00683. The van der Waals surface area contributed by atoms with Gasteiger partial charge in [-0.1, -0.05) is 13.3 Å². The molecule has 1 aromatic rings. The van der Waals surface area contributed by atoms with Crippen molar-refractivity contribution in [2.75, 3.05) is 11.9 Å². The van der Waals surface area contributed by atoms with E-state index in [1.165, 1.54) is 12.3 Å². The predicted molar refractivity (Wildman–Crippen MR) is 70.0 cm³/mol. The van der Waals surface area contributed by atoms with Crippen LogP contribution in [0.1, 0.15) is 19.8 Å². The SMILES string of the molecule is CCCC(CN)Nc1ncc(Br)cc1[N+](=O)[O-]. The Balaban J connectivity index is 2.92. The molecule has 1 unspecified atom stereocenters. The summed E-state index contributed by atoms with van der Waals surface area (Å²) in [4.78, 5) is 14.4. The van der Waals surface area contributed by atoms with Crippen LogP contribution in [0.2, 0.25) is 0 Å². The summed E-state index contributed by atoms with van der Waals surface area (Å²) in [7, 11) is 0. The van der Waals surface area contributed by atoms with E-state index >= 15 is 0 Å². The summed E-state index contributed by atoms with van der Waals surface area (Å²) in [5.41, 5.74) is 5.55. The van der Waals surface area contributed by atoms with Crippen molar-refractivity contribution in [3.05, 3.63) is 26.9 Å². The number of nitrogens with zero attached hydrogens (tertiary/aromatic N) is 2.